The van der Waals surface area contributed by atoms with Gasteiger partial charge in [0.1, 0.15) is 4.21 Å². The van der Waals surface area contributed by atoms with E-state index in [1.54, 1.807) is 25.3 Å². The van der Waals surface area contributed by atoms with E-state index in [4.69, 9.17) is 10.1 Å². The summed E-state index contributed by atoms with van der Waals surface area (Å²) in [6, 6.07) is 0.839. The number of carbonyl (C=O) groups excluding carboxylic acids is 1. The number of aryl methyl sites for hydroxylation is 2. The Hall–Kier alpha value is -1.81. The molecule has 2 heterocycles. The molecular formula is C19H24N4O3S2. The SMILES string of the molecule is CC(C)(O)c1csc(S(N)(=O)=NC(=O)Nc2c3c(nc4c2CCC4)CCC3)c1. The van der Waals surface area contributed by atoms with Crippen LogP contribution in [0, 0.1) is 0 Å². The van der Waals surface area contributed by atoms with Crippen molar-refractivity contribution in [2.24, 2.45) is 9.50 Å². The molecule has 2 aliphatic carbocycles. The third-order valence-corrected chi connectivity index (χ3v) is 8.13. The summed E-state index contributed by atoms with van der Waals surface area (Å²) in [6.07, 6.45) is 5.64. The van der Waals surface area contributed by atoms with Crippen LogP contribution in [0.1, 0.15) is 54.8 Å². The first-order chi connectivity index (χ1) is 13.1. The van der Waals surface area contributed by atoms with Gasteiger partial charge in [-0.3, -0.25) is 4.98 Å². The topological polar surface area (TPSA) is 118 Å². The first-order valence-electron chi connectivity index (χ1n) is 9.36. The fraction of sp³-hybridized carbons (Fsp3) is 0.474. The minimum Gasteiger partial charge on any atom is -0.386 e. The number of amides is 2. The number of nitrogens with two attached hydrogens (primary N) is 1. The fourth-order valence-electron chi connectivity index (χ4n) is 3.83. The highest BCUT2D eigenvalue weighted by atomic mass is 32.2. The van der Waals surface area contributed by atoms with Crippen LogP contribution in [0.5, 0.6) is 0 Å². The largest absolute Gasteiger partial charge is 0.386 e. The summed E-state index contributed by atoms with van der Waals surface area (Å²) in [5, 5.41) is 20.5. The van der Waals surface area contributed by atoms with Gasteiger partial charge in [0.15, 0.2) is 9.92 Å². The molecule has 0 saturated carbocycles. The Balaban J connectivity index is 1.65. The lowest BCUT2D eigenvalue weighted by atomic mass is 10.0. The highest BCUT2D eigenvalue weighted by Gasteiger charge is 2.27. The Morgan fingerprint density at radius 3 is 2.39 bits per heavy atom. The van der Waals surface area contributed by atoms with Gasteiger partial charge in [0, 0.05) is 11.4 Å². The smallest absolute Gasteiger partial charge is 0.354 e. The lowest BCUT2D eigenvalue weighted by Gasteiger charge is -2.14. The van der Waals surface area contributed by atoms with Crippen molar-refractivity contribution in [2.75, 3.05) is 5.32 Å². The third kappa shape index (κ3) is 3.59. The Labute approximate surface area is 168 Å². The Morgan fingerprint density at radius 1 is 1.25 bits per heavy atom. The molecule has 0 aromatic carbocycles. The maximum absolute atomic E-state index is 12.9. The number of hydrogen-bond donors (Lipinski definition) is 3. The van der Waals surface area contributed by atoms with Crippen LogP contribution >= 0.6 is 11.3 Å². The van der Waals surface area contributed by atoms with Gasteiger partial charge in [-0.1, -0.05) is 0 Å². The summed E-state index contributed by atoms with van der Waals surface area (Å²) < 4.78 is 16.9. The molecule has 0 radical (unpaired) electrons. The van der Waals surface area contributed by atoms with E-state index in [1.807, 2.05) is 0 Å². The zero-order valence-corrected chi connectivity index (χ0v) is 17.6. The van der Waals surface area contributed by atoms with Gasteiger partial charge >= 0.3 is 6.03 Å². The van der Waals surface area contributed by atoms with Gasteiger partial charge in [-0.05, 0) is 80.5 Å². The molecule has 7 nitrogen and oxygen atoms in total. The number of carbonyl (C=O) groups is 1. The fourth-order valence-corrected chi connectivity index (χ4v) is 6.11. The number of nitrogens with zero attached hydrogens (tertiary/aromatic N) is 2. The van der Waals surface area contributed by atoms with Gasteiger partial charge in [0.2, 0.25) is 0 Å². The number of urea groups is 1. The van der Waals surface area contributed by atoms with E-state index in [-0.39, 0.29) is 4.21 Å². The molecule has 150 valence electrons. The molecule has 0 saturated heterocycles. The van der Waals surface area contributed by atoms with Crippen molar-refractivity contribution in [2.45, 2.75) is 62.2 Å². The number of aliphatic hydroxyl groups is 1. The highest BCUT2D eigenvalue weighted by molar-refractivity contribution is 7.93. The molecule has 4 rings (SSSR count). The van der Waals surface area contributed by atoms with Crippen LogP contribution in [-0.2, 0) is 41.2 Å². The minimum atomic E-state index is -3.39. The van der Waals surface area contributed by atoms with Crippen molar-refractivity contribution in [3.8, 4) is 0 Å². The van der Waals surface area contributed by atoms with Gasteiger partial charge in [-0.25, -0.2) is 14.1 Å². The molecule has 2 aromatic rings. The van der Waals surface area contributed by atoms with E-state index in [9.17, 15) is 14.1 Å². The van der Waals surface area contributed by atoms with Crippen molar-refractivity contribution in [3.05, 3.63) is 39.5 Å². The van der Waals surface area contributed by atoms with E-state index < -0.39 is 21.5 Å². The van der Waals surface area contributed by atoms with Crippen molar-refractivity contribution in [3.63, 3.8) is 0 Å². The minimum absolute atomic E-state index is 0.268. The molecule has 0 bridgehead atoms. The average Bonchev–Trinajstić information content (AvgIpc) is 3.33. The maximum atomic E-state index is 12.9. The first kappa shape index (κ1) is 19.5. The van der Waals surface area contributed by atoms with Gasteiger partial charge < -0.3 is 10.4 Å². The maximum Gasteiger partial charge on any atom is 0.354 e. The summed E-state index contributed by atoms with van der Waals surface area (Å²) in [7, 11) is -3.39. The summed E-state index contributed by atoms with van der Waals surface area (Å²) in [5.74, 6) is 0. The van der Waals surface area contributed by atoms with E-state index >= 15 is 0 Å². The van der Waals surface area contributed by atoms with Crippen LogP contribution < -0.4 is 10.5 Å². The number of anilines is 1. The normalized spacial score (nSPS) is 17.7. The predicted molar refractivity (Wildman–Crippen MR) is 110 cm³/mol. The zero-order valence-electron chi connectivity index (χ0n) is 15.9. The molecule has 4 N–H and O–H groups in total. The lowest BCUT2D eigenvalue weighted by molar-refractivity contribution is 0.0789. The molecule has 0 aliphatic heterocycles. The molecule has 2 amide bonds. The molecular weight excluding hydrogens is 396 g/mol. The third-order valence-electron chi connectivity index (χ3n) is 5.27. The second-order valence-corrected chi connectivity index (χ2v) is 10.8. The molecule has 28 heavy (non-hydrogen) atoms. The molecule has 2 aromatic heterocycles. The number of thiophene rings is 1. The molecule has 1 unspecified atom stereocenters. The van der Waals surface area contributed by atoms with Gasteiger partial charge in [-0.15, -0.1) is 15.7 Å². The van der Waals surface area contributed by atoms with Gasteiger partial charge in [0.25, 0.3) is 0 Å². The van der Waals surface area contributed by atoms with E-state index in [1.165, 1.54) is 0 Å². The summed E-state index contributed by atoms with van der Waals surface area (Å²) in [4.78, 5) is 17.4. The van der Waals surface area contributed by atoms with Crippen LogP contribution in [0.15, 0.2) is 20.0 Å². The molecule has 9 heteroatoms. The van der Waals surface area contributed by atoms with Crippen LogP contribution in [0.4, 0.5) is 10.5 Å². The van der Waals surface area contributed by atoms with Gasteiger partial charge in [-0.2, -0.15) is 0 Å². The van der Waals surface area contributed by atoms with E-state index in [0.29, 0.717) is 5.56 Å². The van der Waals surface area contributed by atoms with E-state index in [2.05, 4.69) is 9.68 Å². The second kappa shape index (κ2) is 6.91. The van der Waals surface area contributed by atoms with Crippen molar-refractivity contribution in [1.29, 1.82) is 0 Å². The second-order valence-electron chi connectivity index (χ2n) is 7.85. The van der Waals surface area contributed by atoms with Gasteiger partial charge in [0.05, 0.1) is 11.3 Å². The van der Waals surface area contributed by atoms with Crippen molar-refractivity contribution in [1.82, 2.24) is 4.98 Å². The lowest BCUT2D eigenvalue weighted by Crippen LogP contribution is -2.19. The van der Waals surface area contributed by atoms with Crippen molar-refractivity contribution < 1.29 is 14.1 Å². The predicted octanol–water partition coefficient (Wildman–Crippen LogP) is 3.28. The Kier molecular flexibility index (Phi) is 4.81. The van der Waals surface area contributed by atoms with Crippen LogP contribution in [0.3, 0.4) is 0 Å². The van der Waals surface area contributed by atoms with Crippen molar-refractivity contribution >= 4 is 33.0 Å². The molecule has 0 spiro atoms. The monoisotopic (exact) mass is 420 g/mol. The average molecular weight is 421 g/mol. The number of pyridine rings is 1. The summed E-state index contributed by atoms with van der Waals surface area (Å²) >= 11 is 1.13. The molecule has 0 fully saturated rings. The summed E-state index contributed by atoms with van der Waals surface area (Å²) in [6.45, 7) is 3.26. The number of aromatic nitrogens is 1. The number of nitrogens with one attached hydrogen (secondary N) is 1. The number of rotatable bonds is 3. The number of hydrogen-bond acceptors (Lipinski definition) is 5. The van der Waals surface area contributed by atoms with Crippen LogP contribution in [0.25, 0.3) is 0 Å². The molecule has 2 aliphatic rings. The Morgan fingerprint density at radius 2 is 1.86 bits per heavy atom. The first-order valence-corrected chi connectivity index (χ1v) is 11.8. The standard InChI is InChI=1S/C19H24N4O3S2/c1-19(2,25)11-9-16(27-10-11)28(20,26)23-18(24)22-17-12-5-3-7-14(12)21-15-8-4-6-13(15)17/h9-10,25H,3-8H2,1-2H3,(H3,20,21,22,23,24,26). The highest BCUT2D eigenvalue weighted by Crippen LogP contribution is 2.36. The van der Waals surface area contributed by atoms with Crippen LogP contribution in [0.2, 0.25) is 0 Å². The Bertz CT molecular complexity index is 1040. The van der Waals surface area contributed by atoms with E-state index in [0.717, 1.165) is 78.1 Å². The number of fused-ring (bicyclic) bond motifs is 2. The molecule has 1 atom stereocenters. The summed E-state index contributed by atoms with van der Waals surface area (Å²) in [5.41, 5.74) is 4.56. The zero-order chi connectivity index (χ0) is 20.1. The van der Waals surface area contributed by atoms with Crippen LogP contribution in [-0.4, -0.2) is 20.3 Å². The quantitative estimate of drug-likeness (QED) is 0.706.